The standard InChI is InChI=1S/C17H19N5O4S2/c23-28(24,14-3-1-2-13-16(14)21-27-20-13)22-8-12(9-22)17-18-15(19-26-17)6-7-25-10-11-4-5-11/h1-3,11-12H,4-10H2. The van der Waals surface area contributed by atoms with Gasteiger partial charge >= 0.3 is 0 Å². The number of rotatable bonds is 8. The van der Waals surface area contributed by atoms with Crippen molar-refractivity contribution in [2.75, 3.05) is 26.3 Å². The minimum atomic E-state index is -3.63. The summed E-state index contributed by atoms with van der Waals surface area (Å²) in [7, 11) is -3.63. The molecule has 28 heavy (non-hydrogen) atoms. The predicted octanol–water partition coefficient (Wildman–Crippen LogP) is 1.83. The highest BCUT2D eigenvalue weighted by Crippen LogP contribution is 2.33. The summed E-state index contributed by atoms with van der Waals surface area (Å²) in [6.07, 6.45) is 3.13. The molecule has 148 valence electrons. The summed E-state index contributed by atoms with van der Waals surface area (Å²) >= 11 is 1.01. The van der Waals surface area contributed by atoms with Crippen LogP contribution in [0.15, 0.2) is 27.6 Å². The maximum Gasteiger partial charge on any atom is 0.245 e. The zero-order valence-electron chi connectivity index (χ0n) is 15.0. The molecular formula is C17H19N5O4S2. The third kappa shape index (κ3) is 3.43. The van der Waals surface area contributed by atoms with Gasteiger partial charge in [0.1, 0.15) is 15.9 Å². The molecule has 2 aromatic heterocycles. The van der Waals surface area contributed by atoms with Gasteiger partial charge in [0.05, 0.1) is 24.3 Å². The fraction of sp³-hybridized carbons (Fsp3) is 0.529. The van der Waals surface area contributed by atoms with Crippen molar-refractivity contribution in [3.05, 3.63) is 29.9 Å². The Balaban J connectivity index is 1.20. The molecule has 5 rings (SSSR count). The van der Waals surface area contributed by atoms with Crippen LogP contribution in [0.3, 0.4) is 0 Å². The van der Waals surface area contributed by atoms with Gasteiger partial charge in [-0.2, -0.15) is 18.0 Å². The fourth-order valence-corrected chi connectivity index (χ4v) is 5.44. The van der Waals surface area contributed by atoms with E-state index in [-0.39, 0.29) is 10.8 Å². The number of nitrogens with zero attached hydrogens (tertiary/aromatic N) is 5. The minimum Gasteiger partial charge on any atom is -0.381 e. The van der Waals surface area contributed by atoms with Gasteiger partial charge in [-0.3, -0.25) is 0 Å². The summed E-state index contributed by atoms with van der Waals surface area (Å²) < 4.78 is 46.4. The smallest absolute Gasteiger partial charge is 0.245 e. The van der Waals surface area contributed by atoms with E-state index in [0.717, 1.165) is 24.3 Å². The average molecular weight is 422 g/mol. The maximum absolute atomic E-state index is 12.9. The van der Waals surface area contributed by atoms with Crippen LogP contribution in [-0.4, -0.2) is 57.9 Å². The summed E-state index contributed by atoms with van der Waals surface area (Å²) in [5.41, 5.74) is 1.01. The molecule has 1 aromatic carbocycles. The van der Waals surface area contributed by atoms with Crippen LogP contribution in [0, 0.1) is 5.92 Å². The van der Waals surface area contributed by atoms with E-state index in [0.29, 0.717) is 48.9 Å². The van der Waals surface area contributed by atoms with Crippen LogP contribution in [0.5, 0.6) is 0 Å². The van der Waals surface area contributed by atoms with Gasteiger partial charge < -0.3 is 9.26 Å². The highest BCUT2D eigenvalue weighted by molar-refractivity contribution is 7.89. The molecule has 11 heteroatoms. The summed E-state index contributed by atoms with van der Waals surface area (Å²) in [4.78, 5) is 4.59. The number of aromatic nitrogens is 4. The number of benzene rings is 1. The third-order valence-corrected chi connectivity index (χ3v) is 7.47. The van der Waals surface area contributed by atoms with Gasteiger partial charge in [-0.15, -0.1) is 0 Å². The molecule has 0 atom stereocenters. The molecular weight excluding hydrogens is 402 g/mol. The average Bonchev–Trinajstić information content (AvgIpc) is 3.14. The molecule has 9 nitrogen and oxygen atoms in total. The molecule has 0 unspecified atom stereocenters. The zero-order valence-corrected chi connectivity index (χ0v) is 16.7. The van der Waals surface area contributed by atoms with Crippen LogP contribution >= 0.6 is 11.7 Å². The first-order chi connectivity index (χ1) is 13.6. The van der Waals surface area contributed by atoms with Crippen molar-refractivity contribution >= 4 is 32.8 Å². The van der Waals surface area contributed by atoms with E-state index in [1.165, 1.54) is 17.1 Å². The van der Waals surface area contributed by atoms with Crippen LogP contribution in [0.1, 0.15) is 30.5 Å². The van der Waals surface area contributed by atoms with E-state index >= 15 is 0 Å². The molecule has 0 radical (unpaired) electrons. The predicted molar refractivity (Wildman–Crippen MR) is 100 cm³/mol. The van der Waals surface area contributed by atoms with E-state index in [9.17, 15) is 8.42 Å². The lowest BCUT2D eigenvalue weighted by atomic mass is 10.0. The van der Waals surface area contributed by atoms with Gasteiger partial charge in [0.15, 0.2) is 5.82 Å². The van der Waals surface area contributed by atoms with Gasteiger partial charge in [-0.05, 0) is 30.9 Å². The molecule has 3 heterocycles. The first-order valence-corrected chi connectivity index (χ1v) is 11.4. The Hall–Kier alpha value is -1.95. The lowest BCUT2D eigenvalue weighted by molar-refractivity contribution is 0.125. The first kappa shape index (κ1) is 18.1. The number of hydrogen-bond acceptors (Lipinski definition) is 9. The van der Waals surface area contributed by atoms with Gasteiger partial charge in [0.2, 0.25) is 15.9 Å². The number of hydrogen-bond donors (Lipinski definition) is 0. The lowest BCUT2D eigenvalue weighted by Crippen LogP contribution is -2.48. The van der Waals surface area contributed by atoms with Crippen molar-refractivity contribution in [3.8, 4) is 0 Å². The Morgan fingerprint density at radius 1 is 1.25 bits per heavy atom. The summed E-state index contributed by atoms with van der Waals surface area (Å²) in [5, 5.41) is 3.98. The molecule has 2 aliphatic rings. The van der Waals surface area contributed by atoms with Gasteiger partial charge in [0, 0.05) is 26.1 Å². The maximum atomic E-state index is 12.9. The highest BCUT2D eigenvalue weighted by atomic mass is 32.2. The summed E-state index contributed by atoms with van der Waals surface area (Å²) in [6, 6.07) is 5.01. The van der Waals surface area contributed by atoms with Crippen LogP contribution in [0.25, 0.3) is 11.0 Å². The van der Waals surface area contributed by atoms with E-state index in [4.69, 9.17) is 9.26 Å². The third-order valence-electron chi connectivity index (χ3n) is 5.07. The normalized spacial score (nSPS) is 18.6. The Bertz CT molecular complexity index is 1090. The minimum absolute atomic E-state index is 0.0869. The Morgan fingerprint density at radius 3 is 2.93 bits per heavy atom. The quantitative estimate of drug-likeness (QED) is 0.507. The number of ether oxygens (including phenoxy) is 1. The van der Waals surface area contributed by atoms with Crippen LogP contribution in [0.2, 0.25) is 0 Å². The second kappa shape index (κ2) is 7.14. The number of sulfonamides is 1. The molecule has 0 bridgehead atoms. The van der Waals surface area contributed by atoms with Crippen molar-refractivity contribution in [3.63, 3.8) is 0 Å². The van der Waals surface area contributed by atoms with Gasteiger partial charge in [0.25, 0.3) is 0 Å². The second-order valence-electron chi connectivity index (χ2n) is 7.22. The molecule has 2 fully saturated rings. The summed E-state index contributed by atoms with van der Waals surface area (Å²) in [6.45, 7) is 2.01. The Kier molecular flexibility index (Phi) is 4.62. The molecule has 0 N–H and O–H groups in total. The monoisotopic (exact) mass is 421 g/mol. The van der Waals surface area contributed by atoms with Crippen LogP contribution < -0.4 is 0 Å². The SMILES string of the molecule is O=S(=O)(c1cccc2nsnc12)N1CC(c2nc(CCOCC3CC3)no2)C1. The molecule has 1 aliphatic heterocycles. The molecule has 3 aromatic rings. The highest BCUT2D eigenvalue weighted by Gasteiger charge is 2.41. The Labute approximate surface area is 166 Å². The fourth-order valence-electron chi connectivity index (χ4n) is 3.15. The van der Waals surface area contributed by atoms with Crippen molar-refractivity contribution in [2.24, 2.45) is 5.92 Å². The first-order valence-electron chi connectivity index (χ1n) is 9.23. The topological polar surface area (TPSA) is 111 Å². The lowest BCUT2D eigenvalue weighted by Gasteiger charge is -2.35. The van der Waals surface area contributed by atoms with Crippen molar-refractivity contribution in [2.45, 2.75) is 30.1 Å². The molecule has 1 saturated heterocycles. The van der Waals surface area contributed by atoms with E-state index in [1.807, 2.05) is 0 Å². The summed E-state index contributed by atoms with van der Waals surface area (Å²) in [5.74, 6) is 1.73. The zero-order chi connectivity index (χ0) is 19.1. The largest absolute Gasteiger partial charge is 0.381 e. The number of fused-ring (bicyclic) bond motifs is 1. The van der Waals surface area contributed by atoms with Gasteiger partial charge in [-0.1, -0.05) is 11.2 Å². The van der Waals surface area contributed by atoms with Gasteiger partial charge in [-0.25, -0.2) is 8.42 Å². The van der Waals surface area contributed by atoms with E-state index in [1.54, 1.807) is 18.2 Å². The second-order valence-corrected chi connectivity index (χ2v) is 9.66. The van der Waals surface area contributed by atoms with Crippen molar-refractivity contribution in [1.29, 1.82) is 0 Å². The van der Waals surface area contributed by atoms with Crippen LogP contribution in [0.4, 0.5) is 0 Å². The molecule has 1 aliphatic carbocycles. The van der Waals surface area contributed by atoms with E-state index < -0.39 is 10.0 Å². The van der Waals surface area contributed by atoms with Crippen molar-refractivity contribution < 1.29 is 17.7 Å². The van der Waals surface area contributed by atoms with Crippen LogP contribution in [-0.2, 0) is 21.2 Å². The molecule has 1 saturated carbocycles. The van der Waals surface area contributed by atoms with Crippen molar-refractivity contribution in [1.82, 2.24) is 23.2 Å². The Morgan fingerprint density at radius 2 is 2.11 bits per heavy atom. The van der Waals surface area contributed by atoms with E-state index in [2.05, 4.69) is 18.9 Å². The molecule has 0 amide bonds. The molecule has 0 spiro atoms.